The standard InChI is InChI=1S/C13H24N4O3/c1-10(16-5-3-15-4-6-16)13(19)17-7-8-20-9-11(17)12(18)14-2/h10-11,15H,3-9H2,1-2H3,(H,14,18). The molecule has 2 unspecified atom stereocenters. The third kappa shape index (κ3) is 3.28. The molecule has 2 aliphatic rings. The van der Waals surface area contributed by atoms with Crippen LogP contribution in [-0.4, -0.2) is 86.7 Å². The van der Waals surface area contributed by atoms with Crippen LogP contribution < -0.4 is 10.6 Å². The Balaban J connectivity index is 2.02. The number of hydrogen-bond acceptors (Lipinski definition) is 5. The third-order valence-electron chi connectivity index (χ3n) is 4.02. The van der Waals surface area contributed by atoms with E-state index in [0.29, 0.717) is 13.2 Å². The Kier molecular flexibility index (Phi) is 5.33. The molecular weight excluding hydrogens is 260 g/mol. The van der Waals surface area contributed by atoms with Gasteiger partial charge in [-0.1, -0.05) is 0 Å². The molecule has 7 nitrogen and oxygen atoms in total. The predicted octanol–water partition coefficient (Wildman–Crippen LogP) is -1.75. The quantitative estimate of drug-likeness (QED) is 0.643. The van der Waals surface area contributed by atoms with Gasteiger partial charge in [-0.05, 0) is 6.92 Å². The van der Waals surface area contributed by atoms with Crippen LogP contribution in [0.2, 0.25) is 0 Å². The van der Waals surface area contributed by atoms with Crippen molar-refractivity contribution in [3.05, 3.63) is 0 Å². The first kappa shape index (κ1) is 15.2. The number of morpholine rings is 1. The van der Waals surface area contributed by atoms with Gasteiger partial charge in [0.1, 0.15) is 6.04 Å². The fourth-order valence-electron chi connectivity index (χ4n) is 2.72. The molecule has 0 bridgehead atoms. The Hall–Kier alpha value is -1.18. The number of carbonyl (C=O) groups excluding carboxylic acids is 2. The lowest BCUT2D eigenvalue weighted by Gasteiger charge is -2.39. The van der Waals surface area contributed by atoms with Crippen molar-refractivity contribution in [2.45, 2.75) is 19.0 Å². The van der Waals surface area contributed by atoms with E-state index in [1.807, 2.05) is 6.92 Å². The van der Waals surface area contributed by atoms with Gasteiger partial charge in [-0.3, -0.25) is 14.5 Å². The molecule has 0 aromatic carbocycles. The minimum absolute atomic E-state index is 0.0174. The molecule has 2 atom stereocenters. The number of ether oxygens (including phenoxy) is 1. The van der Waals surface area contributed by atoms with E-state index in [4.69, 9.17) is 4.74 Å². The molecule has 2 aliphatic heterocycles. The van der Waals surface area contributed by atoms with Crippen LogP contribution in [0.5, 0.6) is 0 Å². The molecule has 2 N–H and O–H groups in total. The van der Waals surface area contributed by atoms with Gasteiger partial charge in [-0.2, -0.15) is 0 Å². The van der Waals surface area contributed by atoms with Crippen molar-refractivity contribution in [3.8, 4) is 0 Å². The van der Waals surface area contributed by atoms with Crippen LogP contribution in [0.1, 0.15) is 6.92 Å². The molecule has 0 radical (unpaired) electrons. The molecule has 2 saturated heterocycles. The first-order valence-corrected chi connectivity index (χ1v) is 7.19. The molecule has 114 valence electrons. The zero-order valence-electron chi connectivity index (χ0n) is 12.2. The Morgan fingerprint density at radius 2 is 2.00 bits per heavy atom. The number of carbonyl (C=O) groups is 2. The predicted molar refractivity (Wildman–Crippen MR) is 74.3 cm³/mol. The lowest BCUT2D eigenvalue weighted by molar-refractivity contribution is -0.152. The summed E-state index contributed by atoms with van der Waals surface area (Å²) in [4.78, 5) is 28.4. The normalized spacial score (nSPS) is 26.1. The number of hydrogen-bond donors (Lipinski definition) is 2. The molecule has 2 fully saturated rings. The number of nitrogens with zero attached hydrogens (tertiary/aromatic N) is 2. The second kappa shape index (κ2) is 7.01. The third-order valence-corrected chi connectivity index (χ3v) is 4.02. The average molecular weight is 284 g/mol. The van der Waals surface area contributed by atoms with Crippen molar-refractivity contribution in [1.29, 1.82) is 0 Å². The highest BCUT2D eigenvalue weighted by Gasteiger charge is 2.36. The van der Waals surface area contributed by atoms with E-state index >= 15 is 0 Å². The van der Waals surface area contributed by atoms with Gasteiger partial charge in [0.2, 0.25) is 11.8 Å². The van der Waals surface area contributed by atoms with Crippen LogP contribution in [0.3, 0.4) is 0 Å². The summed E-state index contributed by atoms with van der Waals surface area (Å²) >= 11 is 0. The lowest BCUT2D eigenvalue weighted by Crippen LogP contribution is -2.60. The molecule has 2 amide bonds. The number of amides is 2. The summed E-state index contributed by atoms with van der Waals surface area (Å²) in [6, 6.07) is -0.700. The molecule has 0 spiro atoms. The van der Waals surface area contributed by atoms with Gasteiger partial charge in [0.15, 0.2) is 0 Å². The van der Waals surface area contributed by atoms with E-state index in [1.165, 1.54) is 0 Å². The summed E-state index contributed by atoms with van der Waals surface area (Å²) in [5.74, 6) is -0.144. The van der Waals surface area contributed by atoms with Crippen LogP contribution in [-0.2, 0) is 14.3 Å². The Bertz CT molecular complexity index is 358. The molecular formula is C13H24N4O3. The average Bonchev–Trinajstić information content (AvgIpc) is 2.53. The van der Waals surface area contributed by atoms with Crippen molar-refractivity contribution < 1.29 is 14.3 Å². The van der Waals surface area contributed by atoms with Gasteiger partial charge in [-0.25, -0.2) is 0 Å². The van der Waals surface area contributed by atoms with Crippen LogP contribution in [0.4, 0.5) is 0 Å². The van der Waals surface area contributed by atoms with Crippen molar-refractivity contribution in [2.75, 3.05) is 53.0 Å². The summed E-state index contributed by atoms with van der Waals surface area (Å²) in [7, 11) is 1.58. The van der Waals surface area contributed by atoms with Crippen molar-refractivity contribution in [3.63, 3.8) is 0 Å². The summed E-state index contributed by atoms with van der Waals surface area (Å²) < 4.78 is 5.33. The van der Waals surface area contributed by atoms with Gasteiger partial charge in [0.25, 0.3) is 0 Å². The van der Waals surface area contributed by atoms with Gasteiger partial charge in [0.05, 0.1) is 19.3 Å². The summed E-state index contributed by atoms with van der Waals surface area (Å²) in [5.41, 5.74) is 0. The van der Waals surface area contributed by atoms with E-state index in [9.17, 15) is 9.59 Å². The zero-order valence-corrected chi connectivity index (χ0v) is 12.2. The number of piperazine rings is 1. The maximum absolute atomic E-state index is 12.7. The second-order valence-electron chi connectivity index (χ2n) is 5.20. The van der Waals surface area contributed by atoms with E-state index in [1.54, 1.807) is 11.9 Å². The Morgan fingerprint density at radius 1 is 1.30 bits per heavy atom. The summed E-state index contributed by atoms with van der Waals surface area (Å²) in [6.07, 6.45) is 0. The lowest BCUT2D eigenvalue weighted by atomic mass is 10.1. The van der Waals surface area contributed by atoms with Gasteiger partial charge < -0.3 is 20.3 Å². The van der Waals surface area contributed by atoms with Crippen molar-refractivity contribution in [1.82, 2.24) is 20.4 Å². The minimum atomic E-state index is -0.508. The molecule has 0 aromatic heterocycles. The van der Waals surface area contributed by atoms with Gasteiger partial charge >= 0.3 is 0 Å². The topological polar surface area (TPSA) is 73.9 Å². The van der Waals surface area contributed by atoms with E-state index in [-0.39, 0.29) is 24.5 Å². The maximum atomic E-state index is 12.7. The molecule has 2 rings (SSSR count). The van der Waals surface area contributed by atoms with Crippen LogP contribution in [0.25, 0.3) is 0 Å². The van der Waals surface area contributed by atoms with Crippen molar-refractivity contribution in [2.24, 2.45) is 0 Å². The smallest absolute Gasteiger partial charge is 0.244 e. The Morgan fingerprint density at radius 3 is 2.65 bits per heavy atom. The van der Waals surface area contributed by atoms with Crippen LogP contribution >= 0.6 is 0 Å². The minimum Gasteiger partial charge on any atom is -0.377 e. The number of nitrogens with one attached hydrogen (secondary N) is 2. The zero-order chi connectivity index (χ0) is 14.5. The van der Waals surface area contributed by atoms with Gasteiger partial charge in [0, 0.05) is 39.8 Å². The SMILES string of the molecule is CNC(=O)C1COCCN1C(=O)C(C)N1CCNCC1. The first-order valence-electron chi connectivity index (χ1n) is 7.19. The highest BCUT2D eigenvalue weighted by Crippen LogP contribution is 2.12. The van der Waals surface area contributed by atoms with Crippen LogP contribution in [0, 0.1) is 0 Å². The highest BCUT2D eigenvalue weighted by molar-refractivity contribution is 5.89. The maximum Gasteiger partial charge on any atom is 0.244 e. The molecule has 7 heteroatoms. The fourth-order valence-corrected chi connectivity index (χ4v) is 2.72. The monoisotopic (exact) mass is 284 g/mol. The largest absolute Gasteiger partial charge is 0.377 e. The van der Waals surface area contributed by atoms with E-state index < -0.39 is 6.04 Å². The van der Waals surface area contributed by atoms with Crippen molar-refractivity contribution >= 4 is 11.8 Å². The molecule has 0 saturated carbocycles. The first-order chi connectivity index (χ1) is 9.65. The highest BCUT2D eigenvalue weighted by atomic mass is 16.5. The Labute approximate surface area is 119 Å². The van der Waals surface area contributed by atoms with Crippen LogP contribution in [0.15, 0.2) is 0 Å². The molecule has 0 aromatic rings. The van der Waals surface area contributed by atoms with Gasteiger partial charge in [-0.15, -0.1) is 0 Å². The molecule has 2 heterocycles. The number of likely N-dealkylation sites (N-methyl/N-ethyl adjacent to an activating group) is 1. The summed E-state index contributed by atoms with van der Waals surface area (Å²) in [6.45, 7) is 6.70. The second-order valence-corrected chi connectivity index (χ2v) is 5.20. The summed E-state index contributed by atoms with van der Waals surface area (Å²) in [5, 5.41) is 5.88. The molecule has 0 aliphatic carbocycles. The van der Waals surface area contributed by atoms with E-state index in [0.717, 1.165) is 26.2 Å². The van der Waals surface area contributed by atoms with E-state index in [2.05, 4.69) is 15.5 Å². The molecule has 20 heavy (non-hydrogen) atoms. The fraction of sp³-hybridized carbons (Fsp3) is 0.846. The number of rotatable bonds is 3.